The van der Waals surface area contributed by atoms with Crippen molar-refractivity contribution in [2.24, 2.45) is 0 Å². The highest BCUT2D eigenvalue weighted by molar-refractivity contribution is 7.92. The zero-order valence-corrected chi connectivity index (χ0v) is 19.3. The molecular weight excluding hydrogens is 486 g/mol. The van der Waals surface area contributed by atoms with Gasteiger partial charge in [-0.25, -0.2) is 17.5 Å². The van der Waals surface area contributed by atoms with Gasteiger partial charge in [-0.2, -0.15) is 5.10 Å². The second-order valence-electron chi connectivity index (χ2n) is 7.73. The Kier molecular flexibility index (Phi) is 6.28. The molecular formula is C24H19F4N3O3S. The Morgan fingerprint density at radius 1 is 0.914 bits per heavy atom. The molecule has 1 aromatic heterocycles. The Labute approximate surface area is 198 Å². The number of ether oxygens (including phenoxy) is 1. The largest absolute Gasteiger partial charge is 0.573 e. The molecule has 6 nitrogen and oxygen atoms in total. The van der Waals surface area contributed by atoms with E-state index in [0.717, 1.165) is 35.4 Å². The first kappa shape index (κ1) is 24.3. The molecule has 0 unspecified atom stereocenters. The molecule has 0 amide bonds. The van der Waals surface area contributed by atoms with Gasteiger partial charge in [-0.05, 0) is 79.6 Å². The molecule has 4 rings (SSSR count). The van der Waals surface area contributed by atoms with Crippen LogP contribution in [0.2, 0.25) is 0 Å². The number of halogens is 4. The van der Waals surface area contributed by atoms with E-state index >= 15 is 0 Å². The fraction of sp³-hybridized carbons (Fsp3) is 0.125. The number of benzene rings is 3. The standard InChI is InChI=1S/C24H19F4N3O3S/c1-15-6-9-19(12-16(15)2)31-23(30-35(32,33)21-5-3-4-18(25)13-21)14-22(29-31)17-7-10-20(11-8-17)34-24(26,27)28/h3-14,30H,1-2H3. The zero-order valence-electron chi connectivity index (χ0n) is 18.5. The third-order valence-electron chi connectivity index (χ3n) is 5.17. The van der Waals surface area contributed by atoms with Gasteiger partial charge in [0.15, 0.2) is 0 Å². The Morgan fingerprint density at radius 2 is 1.63 bits per heavy atom. The van der Waals surface area contributed by atoms with Crippen LogP contribution >= 0.6 is 0 Å². The predicted molar refractivity (Wildman–Crippen MR) is 122 cm³/mol. The molecule has 0 fully saturated rings. The summed E-state index contributed by atoms with van der Waals surface area (Å²) in [7, 11) is -4.18. The highest BCUT2D eigenvalue weighted by Gasteiger charge is 2.31. The molecule has 0 aliphatic rings. The van der Waals surface area contributed by atoms with Crippen molar-refractivity contribution in [2.45, 2.75) is 25.1 Å². The molecule has 0 bridgehead atoms. The second-order valence-corrected chi connectivity index (χ2v) is 9.41. The number of nitrogens with zero attached hydrogens (tertiary/aromatic N) is 2. The van der Waals surface area contributed by atoms with Crippen LogP contribution in [0.4, 0.5) is 23.4 Å². The molecule has 1 heterocycles. The lowest BCUT2D eigenvalue weighted by atomic mass is 10.1. The van der Waals surface area contributed by atoms with E-state index in [0.29, 0.717) is 16.9 Å². The maximum Gasteiger partial charge on any atom is 0.573 e. The zero-order chi connectivity index (χ0) is 25.4. The van der Waals surface area contributed by atoms with Crippen molar-refractivity contribution in [3.63, 3.8) is 0 Å². The second kappa shape index (κ2) is 9.06. The van der Waals surface area contributed by atoms with Gasteiger partial charge < -0.3 is 4.74 Å². The normalized spacial score (nSPS) is 11.9. The van der Waals surface area contributed by atoms with Crippen molar-refractivity contribution in [3.8, 4) is 22.7 Å². The summed E-state index contributed by atoms with van der Waals surface area (Å²) in [6, 6.07) is 16.4. The maximum absolute atomic E-state index is 13.6. The average Bonchev–Trinajstić information content (AvgIpc) is 3.18. The molecule has 0 radical (unpaired) electrons. The fourth-order valence-corrected chi connectivity index (χ4v) is 4.37. The van der Waals surface area contributed by atoms with E-state index in [2.05, 4.69) is 14.6 Å². The summed E-state index contributed by atoms with van der Waals surface area (Å²) >= 11 is 0. The van der Waals surface area contributed by atoms with Gasteiger partial charge in [0.25, 0.3) is 10.0 Å². The monoisotopic (exact) mass is 505 g/mol. The molecule has 0 spiro atoms. The van der Waals surface area contributed by atoms with Crippen LogP contribution < -0.4 is 9.46 Å². The molecule has 0 aliphatic heterocycles. The molecule has 3 aromatic carbocycles. The van der Waals surface area contributed by atoms with Crippen LogP contribution in [0, 0.1) is 19.7 Å². The van der Waals surface area contributed by atoms with Crippen LogP contribution in [0.15, 0.2) is 77.7 Å². The number of hydrogen-bond donors (Lipinski definition) is 1. The number of alkyl halides is 3. The van der Waals surface area contributed by atoms with Gasteiger partial charge in [-0.15, -0.1) is 13.2 Å². The fourth-order valence-electron chi connectivity index (χ4n) is 3.31. The smallest absolute Gasteiger partial charge is 0.406 e. The van der Waals surface area contributed by atoms with Crippen LogP contribution in [0.25, 0.3) is 16.9 Å². The van der Waals surface area contributed by atoms with Crippen molar-refractivity contribution < 1.29 is 30.7 Å². The SMILES string of the molecule is Cc1ccc(-n2nc(-c3ccc(OC(F)(F)F)cc3)cc2NS(=O)(=O)c2cccc(F)c2)cc1C. The van der Waals surface area contributed by atoms with Gasteiger partial charge in [0.05, 0.1) is 16.3 Å². The molecule has 35 heavy (non-hydrogen) atoms. The van der Waals surface area contributed by atoms with Gasteiger partial charge in [0, 0.05) is 11.6 Å². The molecule has 182 valence electrons. The Balaban J connectivity index is 1.77. The van der Waals surface area contributed by atoms with Gasteiger partial charge >= 0.3 is 6.36 Å². The Morgan fingerprint density at radius 3 is 2.26 bits per heavy atom. The van der Waals surface area contributed by atoms with E-state index in [9.17, 15) is 26.0 Å². The van der Waals surface area contributed by atoms with Crippen LogP contribution in [0.5, 0.6) is 5.75 Å². The quantitative estimate of drug-likeness (QED) is 0.327. The molecule has 4 aromatic rings. The van der Waals surface area contributed by atoms with Crippen molar-refractivity contribution in [1.82, 2.24) is 9.78 Å². The van der Waals surface area contributed by atoms with Crippen LogP contribution in [-0.2, 0) is 10.0 Å². The molecule has 11 heteroatoms. The number of anilines is 1. The summed E-state index contributed by atoms with van der Waals surface area (Å²) in [5.41, 5.74) is 3.22. The van der Waals surface area contributed by atoms with Gasteiger partial charge in [0.2, 0.25) is 0 Å². The van der Waals surface area contributed by atoms with Gasteiger partial charge in [-0.3, -0.25) is 4.72 Å². The van der Waals surface area contributed by atoms with Crippen molar-refractivity contribution in [3.05, 3.63) is 89.7 Å². The van der Waals surface area contributed by atoms with E-state index in [1.54, 1.807) is 6.07 Å². The molecule has 0 saturated carbocycles. The van der Waals surface area contributed by atoms with E-state index in [4.69, 9.17) is 0 Å². The van der Waals surface area contributed by atoms with Crippen LogP contribution in [0.3, 0.4) is 0 Å². The molecule has 1 N–H and O–H groups in total. The van der Waals surface area contributed by atoms with E-state index in [1.165, 1.54) is 35.0 Å². The average molecular weight is 505 g/mol. The molecule has 0 saturated heterocycles. The summed E-state index contributed by atoms with van der Waals surface area (Å²) < 4.78 is 84.6. The van der Waals surface area contributed by atoms with E-state index in [-0.39, 0.29) is 10.7 Å². The summed E-state index contributed by atoms with van der Waals surface area (Å²) in [5, 5.41) is 4.47. The minimum atomic E-state index is -4.82. The summed E-state index contributed by atoms with van der Waals surface area (Å²) in [6.07, 6.45) is -4.82. The third kappa shape index (κ3) is 5.62. The third-order valence-corrected chi connectivity index (χ3v) is 6.53. The minimum Gasteiger partial charge on any atom is -0.406 e. The topological polar surface area (TPSA) is 73.2 Å². The first-order valence-corrected chi connectivity index (χ1v) is 11.7. The summed E-state index contributed by atoms with van der Waals surface area (Å²) in [6.45, 7) is 3.81. The van der Waals surface area contributed by atoms with E-state index < -0.39 is 28.0 Å². The number of aromatic nitrogens is 2. The number of sulfonamides is 1. The lowest BCUT2D eigenvalue weighted by Crippen LogP contribution is -2.16. The molecule has 0 atom stereocenters. The Hall–Kier alpha value is -3.86. The number of hydrogen-bond acceptors (Lipinski definition) is 4. The van der Waals surface area contributed by atoms with Crippen molar-refractivity contribution >= 4 is 15.8 Å². The van der Waals surface area contributed by atoms with Crippen molar-refractivity contribution in [2.75, 3.05) is 4.72 Å². The van der Waals surface area contributed by atoms with Crippen LogP contribution in [0.1, 0.15) is 11.1 Å². The van der Waals surface area contributed by atoms with Crippen LogP contribution in [-0.4, -0.2) is 24.6 Å². The van der Waals surface area contributed by atoms with Gasteiger partial charge in [0.1, 0.15) is 17.4 Å². The highest BCUT2D eigenvalue weighted by Crippen LogP contribution is 2.30. The highest BCUT2D eigenvalue weighted by atomic mass is 32.2. The van der Waals surface area contributed by atoms with Crippen molar-refractivity contribution in [1.29, 1.82) is 0 Å². The lowest BCUT2D eigenvalue weighted by Gasteiger charge is -2.12. The molecule has 0 aliphatic carbocycles. The summed E-state index contributed by atoms with van der Waals surface area (Å²) in [5.74, 6) is -1.05. The first-order chi connectivity index (χ1) is 16.4. The first-order valence-electron chi connectivity index (χ1n) is 10.2. The summed E-state index contributed by atoms with van der Waals surface area (Å²) in [4.78, 5) is -0.277. The Bertz CT molecular complexity index is 1480. The minimum absolute atomic E-state index is 0.0585. The predicted octanol–water partition coefficient (Wildman–Crippen LogP) is 5.99. The maximum atomic E-state index is 13.6. The van der Waals surface area contributed by atoms with E-state index in [1.807, 2.05) is 26.0 Å². The number of aryl methyl sites for hydroxylation is 2. The lowest BCUT2D eigenvalue weighted by molar-refractivity contribution is -0.274. The number of rotatable bonds is 6. The van der Waals surface area contributed by atoms with Gasteiger partial charge in [-0.1, -0.05) is 12.1 Å². The number of nitrogens with one attached hydrogen (secondary N) is 1.